The third kappa shape index (κ3) is 12.1. The largest absolute Gasteiger partial charge is 0.463 e. The number of esters is 1. The molecular weight excluding hydrogens is 530 g/mol. The summed E-state index contributed by atoms with van der Waals surface area (Å²) in [4.78, 5) is 61.2. The Labute approximate surface area is 239 Å². The average Bonchev–Trinajstić information content (AvgIpc) is 3.57. The molecule has 12 heteroatoms. The van der Waals surface area contributed by atoms with Crippen LogP contribution in [0.15, 0.2) is 59.1 Å². The van der Waals surface area contributed by atoms with Gasteiger partial charge in [0.2, 0.25) is 17.7 Å². The highest BCUT2D eigenvalue weighted by Gasteiger charge is 2.28. The Balaban J connectivity index is 0.000000864. The van der Waals surface area contributed by atoms with Gasteiger partial charge in [0.15, 0.2) is 5.69 Å². The average molecular weight is 570 g/mol. The van der Waals surface area contributed by atoms with Gasteiger partial charge in [0.25, 0.3) is 5.91 Å². The van der Waals surface area contributed by atoms with E-state index in [0.717, 1.165) is 0 Å². The highest BCUT2D eigenvalue weighted by molar-refractivity contribution is 5.97. The van der Waals surface area contributed by atoms with Crippen LogP contribution in [0.3, 0.4) is 0 Å². The van der Waals surface area contributed by atoms with Crippen molar-refractivity contribution in [3.8, 4) is 0 Å². The third-order valence-electron chi connectivity index (χ3n) is 5.99. The molecule has 0 aliphatic carbocycles. The van der Waals surface area contributed by atoms with E-state index >= 15 is 0 Å². The quantitative estimate of drug-likeness (QED) is 0.221. The second-order valence-corrected chi connectivity index (χ2v) is 9.69. The molecule has 12 nitrogen and oxygen atoms in total. The fraction of sp³-hybridized carbons (Fsp3) is 0.448. The molecule has 1 fully saturated rings. The van der Waals surface area contributed by atoms with E-state index in [1.165, 1.54) is 18.2 Å². The summed E-state index contributed by atoms with van der Waals surface area (Å²) < 4.78 is 9.74. The number of nitrogens with zero attached hydrogens (tertiary/aromatic N) is 1. The first-order chi connectivity index (χ1) is 19.6. The molecule has 2 aromatic rings. The predicted octanol–water partition coefficient (Wildman–Crippen LogP) is 1.67. The zero-order chi connectivity index (χ0) is 30.2. The van der Waals surface area contributed by atoms with Gasteiger partial charge in [-0.3, -0.25) is 19.2 Å². The second kappa shape index (κ2) is 17.3. The Morgan fingerprint density at radius 3 is 2.29 bits per heavy atom. The van der Waals surface area contributed by atoms with Crippen molar-refractivity contribution in [1.29, 1.82) is 0 Å². The summed E-state index contributed by atoms with van der Waals surface area (Å²) in [6, 6.07) is 11.9. The molecule has 1 aromatic heterocycles. The monoisotopic (exact) mass is 569 g/mol. The minimum absolute atomic E-state index is 0.0471. The molecule has 0 radical (unpaired) electrons. The lowest BCUT2D eigenvalue weighted by Gasteiger charge is -2.22. The first kappa shape index (κ1) is 32.7. The maximum atomic E-state index is 12.7. The van der Waals surface area contributed by atoms with Gasteiger partial charge >= 0.3 is 5.97 Å². The van der Waals surface area contributed by atoms with Crippen LogP contribution >= 0.6 is 0 Å². The lowest BCUT2D eigenvalue weighted by atomic mass is 9.98. The van der Waals surface area contributed by atoms with E-state index in [1.807, 2.05) is 36.4 Å². The first-order valence-corrected chi connectivity index (χ1v) is 13.5. The Morgan fingerprint density at radius 2 is 1.78 bits per heavy atom. The van der Waals surface area contributed by atoms with Crippen molar-refractivity contribution in [3.63, 3.8) is 0 Å². The van der Waals surface area contributed by atoms with Crippen LogP contribution < -0.4 is 21.3 Å². The molecule has 1 saturated heterocycles. The van der Waals surface area contributed by atoms with Gasteiger partial charge < -0.3 is 30.5 Å². The van der Waals surface area contributed by atoms with Crippen molar-refractivity contribution >= 4 is 29.6 Å². The van der Waals surface area contributed by atoms with E-state index in [9.17, 15) is 24.0 Å². The van der Waals surface area contributed by atoms with Gasteiger partial charge in [0.05, 0.1) is 13.2 Å². The van der Waals surface area contributed by atoms with Crippen molar-refractivity contribution < 1.29 is 33.2 Å². The maximum absolute atomic E-state index is 12.7. The number of hydrogen-bond acceptors (Lipinski definition) is 8. The maximum Gasteiger partial charge on any atom is 0.330 e. The van der Waals surface area contributed by atoms with Crippen molar-refractivity contribution in [1.82, 2.24) is 26.4 Å². The molecule has 1 aliphatic rings. The van der Waals surface area contributed by atoms with Crippen LogP contribution in [-0.4, -0.2) is 66.5 Å². The second-order valence-electron chi connectivity index (χ2n) is 9.69. The minimum atomic E-state index is -0.908. The number of rotatable bonds is 12. The number of aromatic nitrogens is 1. The number of nitrogens with one attached hydrogen (secondary N) is 4. The molecule has 4 amide bonds. The number of amides is 4. The van der Waals surface area contributed by atoms with Gasteiger partial charge in [-0.1, -0.05) is 61.5 Å². The Morgan fingerprint density at radius 1 is 1.12 bits per heavy atom. The summed E-state index contributed by atoms with van der Waals surface area (Å²) >= 11 is 0. The van der Waals surface area contributed by atoms with Gasteiger partial charge in [-0.2, -0.15) is 0 Å². The lowest BCUT2D eigenvalue weighted by Crippen LogP contribution is -2.52. The summed E-state index contributed by atoms with van der Waals surface area (Å²) in [5.74, 6) is -2.42. The smallest absolute Gasteiger partial charge is 0.330 e. The van der Waals surface area contributed by atoms with E-state index < -0.39 is 35.8 Å². The number of benzene rings is 1. The van der Waals surface area contributed by atoms with Crippen LogP contribution in [0.5, 0.6) is 0 Å². The molecule has 41 heavy (non-hydrogen) atoms. The zero-order valence-electron chi connectivity index (χ0n) is 23.8. The Kier molecular flexibility index (Phi) is 13.8. The number of ether oxygens (including phenoxy) is 1. The van der Waals surface area contributed by atoms with Gasteiger partial charge in [-0.05, 0) is 32.6 Å². The molecule has 0 saturated carbocycles. The molecule has 222 valence electrons. The molecule has 0 bridgehead atoms. The minimum Gasteiger partial charge on any atom is -0.463 e. The van der Waals surface area contributed by atoms with Gasteiger partial charge in [0, 0.05) is 30.6 Å². The van der Waals surface area contributed by atoms with E-state index in [-0.39, 0.29) is 36.6 Å². The third-order valence-corrected chi connectivity index (χ3v) is 5.99. The zero-order valence-corrected chi connectivity index (χ0v) is 23.8. The SMILES string of the molecule is CCOC(=O)/C=C/C(CC1CCNC1=O)NC(=O)CNC(=O)C(NC(=O)c1cc(C)on1)C(C)C.c1ccccc1. The van der Waals surface area contributed by atoms with E-state index in [1.54, 1.807) is 27.7 Å². The van der Waals surface area contributed by atoms with Crippen molar-refractivity contribution in [2.24, 2.45) is 11.8 Å². The van der Waals surface area contributed by atoms with Crippen molar-refractivity contribution in [3.05, 3.63) is 66.1 Å². The Bertz CT molecular complexity index is 1150. The predicted molar refractivity (Wildman–Crippen MR) is 150 cm³/mol. The summed E-state index contributed by atoms with van der Waals surface area (Å²) in [7, 11) is 0. The summed E-state index contributed by atoms with van der Waals surface area (Å²) in [5, 5.41) is 14.2. The summed E-state index contributed by atoms with van der Waals surface area (Å²) in [6.45, 7) is 7.23. The molecule has 3 rings (SSSR count). The molecule has 2 heterocycles. The van der Waals surface area contributed by atoms with Crippen molar-refractivity contribution in [2.75, 3.05) is 19.7 Å². The summed E-state index contributed by atoms with van der Waals surface area (Å²) in [6.07, 6.45) is 3.59. The molecule has 4 N–H and O–H groups in total. The van der Waals surface area contributed by atoms with Crippen LogP contribution in [0.1, 0.15) is 49.9 Å². The van der Waals surface area contributed by atoms with Crippen molar-refractivity contribution in [2.45, 2.75) is 52.6 Å². The fourth-order valence-corrected chi connectivity index (χ4v) is 3.89. The molecular formula is C29H39N5O7. The van der Waals surface area contributed by atoms with Gasteiger partial charge in [-0.15, -0.1) is 0 Å². The van der Waals surface area contributed by atoms with E-state index in [4.69, 9.17) is 9.26 Å². The fourth-order valence-electron chi connectivity index (χ4n) is 3.89. The van der Waals surface area contributed by atoms with Crippen LogP contribution in [0, 0.1) is 18.8 Å². The molecule has 3 atom stereocenters. The van der Waals surface area contributed by atoms with E-state index in [0.29, 0.717) is 25.1 Å². The Hall–Kier alpha value is -4.48. The number of carbonyl (C=O) groups is 5. The van der Waals surface area contributed by atoms with Crippen LogP contribution in [0.25, 0.3) is 0 Å². The summed E-state index contributed by atoms with van der Waals surface area (Å²) in [5.41, 5.74) is 0.0471. The molecule has 3 unspecified atom stereocenters. The van der Waals surface area contributed by atoms with Gasteiger partial charge in [0.1, 0.15) is 11.8 Å². The first-order valence-electron chi connectivity index (χ1n) is 13.5. The number of hydrogen-bond donors (Lipinski definition) is 4. The number of aryl methyl sites for hydroxylation is 1. The molecule has 0 spiro atoms. The van der Waals surface area contributed by atoms with Gasteiger partial charge in [-0.25, -0.2) is 4.79 Å². The number of carbonyl (C=O) groups excluding carboxylic acids is 5. The van der Waals surface area contributed by atoms with E-state index in [2.05, 4.69) is 26.4 Å². The topological polar surface area (TPSA) is 169 Å². The lowest BCUT2D eigenvalue weighted by molar-refractivity contribution is -0.137. The van der Waals surface area contributed by atoms with Crippen LogP contribution in [0.4, 0.5) is 0 Å². The standard InChI is InChI=1S/C23H33N5O7.C6H6/c1-5-34-19(30)7-6-16(11-15-8-9-24-21(15)31)26-18(29)12-25-23(33)20(13(2)3)27-22(32)17-10-14(4)35-28-17;1-2-4-6-5-3-1/h6-7,10,13,15-16,20H,5,8-9,11-12H2,1-4H3,(H,24,31)(H,25,33)(H,26,29)(H,27,32);1-6H/b7-6+;. The molecule has 1 aromatic carbocycles. The van der Waals surface area contributed by atoms with Crippen LogP contribution in [-0.2, 0) is 23.9 Å². The molecule has 1 aliphatic heterocycles. The highest BCUT2D eigenvalue weighted by atomic mass is 16.5. The highest BCUT2D eigenvalue weighted by Crippen LogP contribution is 2.17. The van der Waals surface area contributed by atoms with Crippen LogP contribution in [0.2, 0.25) is 0 Å². The normalized spacial score (nSPS) is 15.7.